The first kappa shape index (κ1) is 19.3. The van der Waals surface area contributed by atoms with E-state index in [1.165, 1.54) is 11.8 Å². The van der Waals surface area contributed by atoms with Crippen LogP contribution < -0.4 is 5.32 Å². The number of carbonyl (C=O) groups excluding carboxylic acids is 1. The fraction of sp³-hybridized carbons (Fsp3) is 0.588. The highest BCUT2D eigenvalue weighted by Gasteiger charge is 2.25. The van der Waals surface area contributed by atoms with E-state index in [1.807, 2.05) is 24.8 Å². The van der Waals surface area contributed by atoms with Gasteiger partial charge in [0.15, 0.2) is 9.84 Å². The lowest BCUT2D eigenvalue weighted by atomic mass is 10.3. The Hall–Kier alpha value is -1.05. The number of nitrogens with one attached hydrogen (secondary N) is 1. The summed E-state index contributed by atoms with van der Waals surface area (Å²) in [7, 11) is -3.30. The first-order valence-corrected chi connectivity index (χ1v) is 11.0. The number of rotatable bonds is 6. The number of thioether (sulfide) groups is 1. The molecule has 24 heavy (non-hydrogen) atoms. The number of amides is 1. The van der Waals surface area contributed by atoms with Crippen molar-refractivity contribution < 1.29 is 13.2 Å². The van der Waals surface area contributed by atoms with E-state index in [4.69, 9.17) is 0 Å². The van der Waals surface area contributed by atoms with Crippen LogP contribution in [0.3, 0.4) is 0 Å². The van der Waals surface area contributed by atoms with Gasteiger partial charge in [0.2, 0.25) is 5.91 Å². The summed E-state index contributed by atoms with van der Waals surface area (Å²) >= 11 is 1.34. The molecular weight excluding hydrogens is 344 g/mol. The second-order valence-corrected chi connectivity index (χ2v) is 9.41. The summed E-state index contributed by atoms with van der Waals surface area (Å²) in [6.07, 6.45) is 1.53. The molecule has 1 unspecified atom stereocenters. The summed E-state index contributed by atoms with van der Waals surface area (Å²) in [6.45, 7) is 6.92. The fourth-order valence-electron chi connectivity index (χ4n) is 2.75. The quantitative estimate of drug-likeness (QED) is 0.778. The van der Waals surface area contributed by atoms with Crippen LogP contribution in [-0.2, 0) is 14.6 Å². The van der Waals surface area contributed by atoms with Crippen LogP contribution in [0.2, 0.25) is 0 Å². The molecule has 0 aromatic heterocycles. The van der Waals surface area contributed by atoms with Crippen LogP contribution in [0, 0.1) is 0 Å². The lowest BCUT2D eigenvalue weighted by Crippen LogP contribution is -2.38. The van der Waals surface area contributed by atoms with E-state index in [0.29, 0.717) is 22.8 Å². The zero-order valence-corrected chi connectivity index (χ0v) is 16.0. The van der Waals surface area contributed by atoms with Crippen LogP contribution in [0.4, 0.5) is 0 Å². The third-order valence-corrected chi connectivity index (χ3v) is 7.23. The summed E-state index contributed by atoms with van der Waals surface area (Å²) in [5.41, 5.74) is 0. The van der Waals surface area contributed by atoms with Crippen LogP contribution in [0.25, 0.3) is 0 Å². The molecule has 0 aliphatic carbocycles. The Morgan fingerprint density at radius 3 is 2.79 bits per heavy atom. The molecule has 1 aliphatic heterocycles. The summed E-state index contributed by atoms with van der Waals surface area (Å²) in [5, 5.41) is 2.98. The van der Waals surface area contributed by atoms with E-state index in [0.717, 1.165) is 26.1 Å². The van der Waals surface area contributed by atoms with Gasteiger partial charge in [0.05, 0.1) is 15.9 Å². The maximum absolute atomic E-state index is 12.7. The second kappa shape index (κ2) is 8.87. The van der Waals surface area contributed by atoms with Gasteiger partial charge < -0.3 is 10.2 Å². The molecule has 1 fully saturated rings. The van der Waals surface area contributed by atoms with E-state index >= 15 is 0 Å². The van der Waals surface area contributed by atoms with E-state index in [9.17, 15) is 13.2 Å². The van der Waals surface area contributed by atoms with Gasteiger partial charge in [-0.25, -0.2) is 8.42 Å². The standard InChI is InChI=1S/C17H26N2O3S2/c1-3-13-24(21,22)16-8-5-4-7-15(16)23-14(2)17(20)19-11-6-9-18-10-12-19/h4-5,7-8,14,18H,3,6,9-13H2,1-2H3. The van der Waals surface area contributed by atoms with E-state index in [1.54, 1.807) is 18.2 Å². The normalized spacial score (nSPS) is 17.3. The first-order valence-electron chi connectivity index (χ1n) is 8.43. The minimum Gasteiger partial charge on any atom is -0.340 e. The van der Waals surface area contributed by atoms with Crippen molar-refractivity contribution in [3.63, 3.8) is 0 Å². The monoisotopic (exact) mass is 370 g/mol. The average Bonchev–Trinajstić information content (AvgIpc) is 2.83. The van der Waals surface area contributed by atoms with Gasteiger partial charge in [-0.2, -0.15) is 0 Å². The van der Waals surface area contributed by atoms with Crippen LogP contribution in [-0.4, -0.2) is 56.4 Å². The molecule has 1 heterocycles. The minimum absolute atomic E-state index is 0.0754. The SMILES string of the molecule is CCCS(=O)(=O)c1ccccc1SC(C)C(=O)N1CCCNCC1. The molecule has 1 saturated heterocycles. The van der Waals surface area contributed by atoms with E-state index in [2.05, 4.69) is 5.32 Å². The van der Waals surface area contributed by atoms with Crippen LogP contribution in [0.1, 0.15) is 26.7 Å². The molecule has 0 saturated carbocycles. The highest BCUT2D eigenvalue weighted by Crippen LogP contribution is 2.31. The maximum Gasteiger partial charge on any atom is 0.235 e. The van der Waals surface area contributed by atoms with Crippen molar-refractivity contribution in [3.05, 3.63) is 24.3 Å². The molecule has 5 nitrogen and oxygen atoms in total. The highest BCUT2D eigenvalue weighted by molar-refractivity contribution is 8.01. The zero-order chi connectivity index (χ0) is 17.6. The molecule has 1 N–H and O–H groups in total. The van der Waals surface area contributed by atoms with Crippen molar-refractivity contribution in [3.8, 4) is 0 Å². The molecular formula is C17H26N2O3S2. The first-order chi connectivity index (χ1) is 11.5. The molecule has 1 amide bonds. The van der Waals surface area contributed by atoms with Crippen molar-refractivity contribution in [1.82, 2.24) is 10.2 Å². The average molecular weight is 371 g/mol. The van der Waals surface area contributed by atoms with Crippen molar-refractivity contribution in [2.45, 2.75) is 41.7 Å². The van der Waals surface area contributed by atoms with Crippen molar-refractivity contribution in [2.24, 2.45) is 0 Å². The van der Waals surface area contributed by atoms with Gasteiger partial charge in [0, 0.05) is 24.5 Å². The Bertz CT molecular complexity index is 654. The number of nitrogens with zero attached hydrogens (tertiary/aromatic N) is 1. The summed E-state index contributed by atoms with van der Waals surface area (Å²) in [6, 6.07) is 6.99. The van der Waals surface area contributed by atoms with Crippen LogP contribution in [0.5, 0.6) is 0 Å². The van der Waals surface area contributed by atoms with E-state index in [-0.39, 0.29) is 16.9 Å². The molecule has 2 rings (SSSR count). The maximum atomic E-state index is 12.7. The van der Waals surface area contributed by atoms with E-state index < -0.39 is 9.84 Å². The Morgan fingerprint density at radius 1 is 1.29 bits per heavy atom. The van der Waals surface area contributed by atoms with Gasteiger partial charge in [-0.15, -0.1) is 11.8 Å². The second-order valence-electron chi connectivity index (χ2n) is 5.95. The largest absolute Gasteiger partial charge is 0.340 e. The molecule has 1 aliphatic rings. The molecule has 0 bridgehead atoms. The van der Waals surface area contributed by atoms with Gasteiger partial charge in [-0.3, -0.25) is 4.79 Å². The molecule has 134 valence electrons. The lowest BCUT2D eigenvalue weighted by Gasteiger charge is -2.24. The predicted molar refractivity (Wildman–Crippen MR) is 98.2 cm³/mol. The van der Waals surface area contributed by atoms with Crippen molar-refractivity contribution in [2.75, 3.05) is 31.9 Å². The Balaban J connectivity index is 2.14. The fourth-order valence-corrected chi connectivity index (χ4v) is 5.66. The number of benzene rings is 1. The van der Waals surface area contributed by atoms with Gasteiger partial charge in [-0.05, 0) is 38.4 Å². The van der Waals surface area contributed by atoms with Crippen molar-refractivity contribution in [1.29, 1.82) is 0 Å². The third kappa shape index (κ3) is 4.97. The van der Waals surface area contributed by atoms with Crippen molar-refractivity contribution >= 4 is 27.5 Å². The number of sulfone groups is 1. The molecule has 1 aromatic rings. The Labute approximate surface area is 149 Å². The number of hydrogen-bond acceptors (Lipinski definition) is 5. The molecule has 0 spiro atoms. The summed E-state index contributed by atoms with van der Waals surface area (Å²) in [5.74, 6) is 0.205. The highest BCUT2D eigenvalue weighted by atomic mass is 32.2. The smallest absolute Gasteiger partial charge is 0.235 e. The number of carbonyl (C=O) groups is 1. The van der Waals surface area contributed by atoms with Gasteiger partial charge in [-0.1, -0.05) is 19.1 Å². The number of hydrogen-bond donors (Lipinski definition) is 1. The lowest BCUT2D eigenvalue weighted by molar-refractivity contribution is -0.130. The predicted octanol–water partition coefficient (Wildman–Crippen LogP) is 2.17. The van der Waals surface area contributed by atoms with Crippen LogP contribution in [0.15, 0.2) is 34.1 Å². The Kier molecular flexibility index (Phi) is 7.13. The minimum atomic E-state index is -3.30. The topological polar surface area (TPSA) is 66.5 Å². The van der Waals surface area contributed by atoms with Gasteiger partial charge in [0.1, 0.15) is 0 Å². The van der Waals surface area contributed by atoms with Crippen LogP contribution >= 0.6 is 11.8 Å². The summed E-state index contributed by atoms with van der Waals surface area (Å²) in [4.78, 5) is 15.6. The van der Waals surface area contributed by atoms with Gasteiger partial charge >= 0.3 is 0 Å². The molecule has 1 atom stereocenters. The zero-order valence-electron chi connectivity index (χ0n) is 14.3. The molecule has 7 heteroatoms. The molecule has 0 radical (unpaired) electrons. The third-order valence-electron chi connectivity index (χ3n) is 3.96. The molecule has 1 aromatic carbocycles. The van der Waals surface area contributed by atoms with Gasteiger partial charge in [0.25, 0.3) is 0 Å². The Morgan fingerprint density at radius 2 is 2.04 bits per heavy atom. The summed E-state index contributed by atoms with van der Waals surface area (Å²) < 4.78 is 24.9.